The van der Waals surface area contributed by atoms with Crippen LogP contribution >= 0.6 is 0 Å². The van der Waals surface area contributed by atoms with Crippen LogP contribution in [-0.2, 0) is 26.9 Å². The monoisotopic (exact) mass is 632 g/mol. The molecule has 2 amide bonds. The normalized spacial score (nSPS) is 28.8. The van der Waals surface area contributed by atoms with Crippen LogP contribution in [0.1, 0.15) is 90.8 Å². The van der Waals surface area contributed by atoms with Crippen LogP contribution in [0.4, 0.5) is 18.0 Å². The summed E-state index contributed by atoms with van der Waals surface area (Å²) in [7, 11) is 0. The molecule has 2 bridgehead atoms. The molecule has 1 aromatic heterocycles. The Morgan fingerprint density at radius 3 is 2.38 bits per heavy atom. The van der Waals surface area contributed by atoms with Crippen molar-refractivity contribution in [1.29, 1.82) is 0 Å². The van der Waals surface area contributed by atoms with Crippen molar-refractivity contribution in [3.05, 3.63) is 29.5 Å². The summed E-state index contributed by atoms with van der Waals surface area (Å²) >= 11 is 0. The molecule has 9 nitrogen and oxygen atoms in total. The van der Waals surface area contributed by atoms with Crippen LogP contribution in [-0.4, -0.2) is 63.5 Å². The lowest BCUT2D eigenvalue weighted by molar-refractivity contribution is -0.141. The van der Waals surface area contributed by atoms with Gasteiger partial charge < -0.3 is 19.7 Å². The van der Waals surface area contributed by atoms with Crippen molar-refractivity contribution in [2.24, 2.45) is 17.3 Å². The van der Waals surface area contributed by atoms with Crippen molar-refractivity contribution in [3.8, 4) is 5.88 Å². The number of ketones is 1. The molecular formula is C33H43F3N4O5. The van der Waals surface area contributed by atoms with E-state index in [-0.39, 0.29) is 35.7 Å². The zero-order chi connectivity index (χ0) is 32.7. The molecule has 0 unspecified atom stereocenters. The van der Waals surface area contributed by atoms with E-state index >= 15 is 0 Å². The van der Waals surface area contributed by atoms with E-state index in [2.05, 4.69) is 15.3 Å². The molecule has 3 heterocycles. The quantitative estimate of drug-likeness (QED) is 0.395. The molecule has 246 valence electrons. The Kier molecular flexibility index (Phi) is 9.33. The number of halogens is 3. The maximum absolute atomic E-state index is 14.1. The highest BCUT2D eigenvalue weighted by Gasteiger charge is 2.49. The van der Waals surface area contributed by atoms with E-state index in [1.54, 1.807) is 6.92 Å². The van der Waals surface area contributed by atoms with E-state index in [1.807, 2.05) is 20.8 Å². The molecule has 0 radical (unpaired) electrons. The average molecular weight is 633 g/mol. The number of nitrogens with zero attached hydrogens (tertiary/aromatic N) is 3. The van der Waals surface area contributed by atoms with Gasteiger partial charge in [-0.15, -0.1) is 0 Å². The van der Waals surface area contributed by atoms with Gasteiger partial charge in [-0.25, -0.2) is 14.8 Å². The number of aromatic nitrogens is 2. The SMILES string of the molecule is CC(=O)[C@@H]1[C@H](C)[C@@H]2CN1C(=O)[C@H](C(C)(C)C)NC(=O)O[C@@H]1CCC[C@H]1CCCCCc1nc3ccc(C(F)(F)F)cc3nc1O2. The van der Waals surface area contributed by atoms with Crippen molar-refractivity contribution in [1.82, 2.24) is 20.2 Å². The molecule has 2 fully saturated rings. The second-order valence-electron chi connectivity index (χ2n) is 13.9. The summed E-state index contributed by atoms with van der Waals surface area (Å²) in [5, 5.41) is 2.82. The van der Waals surface area contributed by atoms with E-state index in [0.717, 1.165) is 57.1 Å². The molecule has 45 heavy (non-hydrogen) atoms. The number of benzene rings is 1. The lowest BCUT2D eigenvalue weighted by Gasteiger charge is -2.35. The first-order chi connectivity index (χ1) is 21.1. The summed E-state index contributed by atoms with van der Waals surface area (Å²) in [5.74, 6) is -0.797. The summed E-state index contributed by atoms with van der Waals surface area (Å²) in [5.41, 5.74) is -0.628. The van der Waals surface area contributed by atoms with Crippen LogP contribution in [0.25, 0.3) is 11.0 Å². The number of fused-ring (bicyclic) bond motifs is 5. The predicted molar refractivity (Wildman–Crippen MR) is 160 cm³/mol. The lowest BCUT2D eigenvalue weighted by atomic mass is 9.85. The first-order valence-corrected chi connectivity index (χ1v) is 16.0. The molecule has 1 aliphatic carbocycles. The van der Waals surface area contributed by atoms with Gasteiger partial charge in [0.2, 0.25) is 11.8 Å². The fraction of sp³-hybridized carbons (Fsp3) is 0.667. The number of amides is 2. The molecule has 1 N–H and O–H groups in total. The van der Waals surface area contributed by atoms with Gasteiger partial charge in [0, 0.05) is 5.92 Å². The maximum Gasteiger partial charge on any atom is 0.416 e. The van der Waals surface area contributed by atoms with Crippen molar-refractivity contribution in [2.75, 3.05) is 6.54 Å². The van der Waals surface area contributed by atoms with Gasteiger partial charge in [0.25, 0.3) is 0 Å². The smallest absolute Gasteiger partial charge is 0.416 e. The van der Waals surface area contributed by atoms with Gasteiger partial charge in [-0.1, -0.05) is 40.5 Å². The third kappa shape index (κ3) is 7.19. The van der Waals surface area contributed by atoms with Crippen LogP contribution < -0.4 is 10.1 Å². The van der Waals surface area contributed by atoms with Crippen LogP contribution in [0.3, 0.4) is 0 Å². The highest BCUT2D eigenvalue weighted by atomic mass is 19.4. The molecule has 3 aliphatic rings. The van der Waals surface area contributed by atoms with E-state index in [1.165, 1.54) is 17.9 Å². The molecule has 0 spiro atoms. The predicted octanol–water partition coefficient (Wildman–Crippen LogP) is 6.26. The van der Waals surface area contributed by atoms with Gasteiger partial charge in [-0.3, -0.25) is 9.59 Å². The van der Waals surface area contributed by atoms with Crippen LogP contribution in [0, 0.1) is 17.3 Å². The second-order valence-corrected chi connectivity index (χ2v) is 13.9. The van der Waals surface area contributed by atoms with Gasteiger partial charge in [0.15, 0.2) is 5.78 Å². The topological polar surface area (TPSA) is 111 Å². The summed E-state index contributed by atoms with van der Waals surface area (Å²) in [6, 6.07) is 1.46. The number of hydrogen-bond donors (Lipinski definition) is 1. The molecule has 2 aromatic rings. The fourth-order valence-corrected chi connectivity index (χ4v) is 7.04. The standard InChI is InChI=1S/C33H43F3N4O5/c1-18-26-17-40(27(18)19(2)41)30(42)28(32(3,4)5)39-31(43)45-25-13-9-11-20(25)10-7-6-8-12-23-29(44-26)38-24-16-21(33(34,35)36)14-15-22(24)37-23/h14-16,18,20,25-28H,6-13,17H2,1-5H3,(H,39,43)/t18-,20-,25-,26+,27+,28-/m1/s1. The summed E-state index contributed by atoms with van der Waals surface area (Å²) in [6.07, 6.45) is 0.514. The second kappa shape index (κ2) is 12.7. The first-order valence-electron chi connectivity index (χ1n) is 16.0. The Morgan fingerprint density at radius 1 is 0.956 bits per heavy atom. The van der Waals surface area contributed by atoms with E-state index in [4.69, 9.17) is 9.47 Å². The average Bonchev–Trinajstić information content (AvgIpc) is 3.52. The van der Waals surface area contributed by atoms with Gasteiger partial charge in [0.1, 0.15) is 23.9 Å². The number of rotatable bonds is 1. The number of alkyl halides is 3. The lowest BCUT2D eigenvalue weighted by Crippen LogP contribution is -2.57. The fourth-order valence-electron chi connectivity index (χ4n) is 7.04. The minimum absolute atomic E-state index is 0.0278. The van der Waals surface area contributed by atoms with Gasteiger partial charge >= 0.3 is 12.3 Å². The molecule has 1 aromatic carbocycles. The molecular weight excluding hydrogens is 589 g/mol. The van der Waals surface area contributed by atoms with Crippen molar-refractivity contribution in [3.63, 3.8) is 0 Å². The van der Waals surface area contributed by atoms with Gasteiger partial charge in [-0.05, 0) is 75.0 Å². The van der Waals surface area contributed by atoms with Crippen LogP contribution in [0.5, 0.6) is 5.88 Å². The number of carbonyl (C=O) groups is 3. The summed E-state index contributed by atoms with van der Waals surface area (Å²) in [4.78, 5) is 50.9. The number of aryl methyl sites for hydroxylation is 1. The molecule has 1 saturated carbocycles. The highest BCUT2D eigenvalue weighted by Crippen LogP contribution is 2.36. The minimum atomic E-state index is -4.55. The number of Topliss-reactive ketones (excluding diaryl/α,β-unsaturated/α-hetero) is 1. The zero-order valence-electron chi connectivity index (χ0n) is 26.6. The number of nitrogens with one attached hydrogen (secondary N) is 1. The van der Waals surface area contributed by atoms with Crippen LogP contribution in [0.2, 0.25) is 0 Å². The van der Waals surface area contributed by atoms with Gasteiger partial charge in [-0.2, -0.15) is 13.2 Å². The number of alkyl carbamates (subject to hydrolysis) is 1. The Hall–Kier alpha value is -3.44. The van der Waals surface area contributed by atoms with Crippen molar-refractivity contribution >= 4 is 28.8 Å². The Labute approximate surface area is 261 Å². The summed E-state index contributed by atoms with van der Waals surface area (Å²) < 4.78 is 52.8. The van der Waals surface area contributed by atoms with E-state index in [0.29, 0.717) is 17.6 Å². The highest BCUT2D eigenvalue weighted by molar-refractivity contribution is 5.92. The van der Waals surface area contributed by atoms with E-state index in [9.17, 15) is 27.6 Å². The van der Waals surface area contributed by atoms with Crippen LogP contribution in [0.15, 0.2) is 18.2 Å². The Morgan fingerprint density at radius 2 is 1.69 bits per heavy atom. The molecule has 2 aliphatic heterocycles. The number of hydrogen-bond acceptors (Lipinski definition) is 7. The number of ether oxygens (including phenoxy) is 2. The Balaban J connectivity index is 1.54. The maximum atomic E-state index is 14.1. The first kappa shape index (κ1) is 32.9. The molecule has 12 heteroatoms. The summed E-state index contributed by atoms with van der Waals surface area (Å²) in [6.45, 7) is 8.75. The minimum Gasteiger partial charge on any atom is -0.471 e. The molecule has 6 atom stereocenters. The third-order valence-electron chi connectivity index (χ3n) is 9.50. The molecule has 5 rings (SSSR count). The largest absolute Gasteiger partial charge is 0.471 e. The zero-order valence-corrected chi connectivity index (χ0v) is 26.6. The van der Waals surface area contributed by atoms with Gasteiger partial charge in [0.05, 0.1) is 29.2 Å². The number of carbonyl (C=O) groups excluding carboxylic acids is 3. The Bertz CT molecular complexity index is 1440. The third-order valence-corrected chi connectivity index (χ3v) is 9.50. The van der Waals surface area contributed by atoms with E-state index < -0.39 is 53.3 Å². The molecule has 1 saturated heterocycles. The van der Waals surface area contributed by atoms with Crippen molar-refractivity contribution in [2.45, 2.75) is 116 Å². The van der Waals surface area contributed by atoms with Crippen molar-refractivity contribution < 1.29 is 37.0 Å².